The molecule has 1 fully saturated rings. The first-order valence-corrected chi connectivity index (χ1v) is 9.05. The van der Waals surface area contributed by atoms with Crippen LogP contribution in [0.3, 0.4) is 0 Å². The van der Waals surface area contributed by atoms with Crippen molar-refractivity contribution in [3.63, 3.8) is 0 Å². The van der Waals surface area contributed by atoms with Gasteiger partial charge in [0.15, 0.2) is 0 Å². The first-order chi connectivity index (χ1) is 9.77. The number of aromatic nitrogens is 1. The van der Waals surface area contributed by atoms with Crippen molar-refractivity contribution in [2.24, 2.45) is 0 Å². The van der Waals surface area contributed by atoms with Gasteiger partial charge in [-0.2, -0.15) is 0 Å². The third-order valence-electron chi connectivity index (χ3n) is 4.88. The topological polar surface area (TPSA) is 28.2 Å². The number of aryl methyl sites for hydroxylation is 2. The lowest BCUT2D eigenvalue weighted by Gasteiger charge is -2.41. The molecule has 1 N–H and O–H groups in total. The van der Waals surface area contributed by atoms with Gasteiger partial charge in [0.25, 0.3) is 0 Å². The number of nitrogens with zero attached hydrogens (tertiary/aromatic N) is 2. The summed E-state index contributed by atoms with van der Waals surface area (Å²) in [6, 6.07) is 0. The van der Waals surface area contributed by atoms with Crippen LogP contribution in [0.5, 0.6) is 0 Å². The Hall–Kier alpha value is -0.450. The predicted molar refractivity (Wildman–Crippen MR) is 85.5 cm³/mol. The number of nitrogens with one attached hydrogen (secondary N) is 1. The van der Waals surface area contributed by atoms with E-state index in [9.17, 15) is 0 Å². The Balaban J connectivity index is 1.81. The molecule has 3 nitrogen and oxygen atoms in total. The van der Waals surface area contributed by atoms with E-state index in [1.54, 1.807) is 4.88 Å². The molecule has 0 amide bonds. The summed E-state index contributed by atoms with van der Waals surface area (Å²) < 4.78 is 0. The summed E-state index contributed by atoms with van der Waals surface area (Å²) in [6.45, 7) is 9.22. The fraction of sp³-hybridized carbons (Fsp3) is 0.812. The number of hydrogen-bond donors (Lipinski definition) is 1. The highest BCUT2D eigenvalue weighted by Gasteiger charge is 2.38. The van der Waals surface area contributed by atoms with Crippen LogP contribution in [0.15, 0.2) is 0 Å². The van der Waals surface area contributed by atoms with Gasteiger partial charge in [0.05, 0.1) is 11.2 Å². The van der Waals surface area contributed by atoms with Gasteiger partial charge in [-0.3, -0.25) is 0 Å². The number of fused-ring (bicyclic) bond motifs is 1. The molecule has 112 valence electrons. The molecule has 20 heavy (non-hydrogen) atoms. The molecule has 2 heterocycles. The molecule has 0 aromatic carbocycles. The molecular formula is C16H27N3S. The van der Waals surface area contributed by atoms with Gasteiger partial charge < -0.3 is 10.2 Å². The third-order valence-corrected chi connectivity index (χ3v) is 6.24. The minimum Gasteiger partial charge on any atom is -0.305 e. The average molecular weight is 293 g/mol. The quantitative estimate of drug-likeness (QED) is 0.905. The Kier molecular flexibility index (Phi) is 4.43. The standard InChI is InChI=1S/C16H27N3S/c1-3-10-17-16(8-11-19(4-2)12-9-16)15-18-13-6-5-7-14(13)20-15/h17H,3-12H2,1-2H3. The molecule has 1 saturated heterocycles. The first kappa shape index (κ1) is 14.5. The van der Waals surface area contributed by atoms with Gasteiger partial charge in [-0.05, 0) is 51.6 Å². The second-order valence-corrected chi connectivity index (χ2v) is 7.27. The molecule has 1 aromatic heterocycles. The van der Waals surface area contributed by atoms with E-state index in [0.717, 1.165) is 6.54 Å². The van der Waals surface area contributed by atoms with Crippen LogP contribution in [0, 0.1) is 0 Å². The van der Waals surface area contributed by atoms with Crippen molar-refractivity contribution in [2.45, 2.75) is 57.9 Å². The second kappa shape index (κ2) is 6.12. The maximum absolute atomic E-state index is 5.03. The zero-order valence-corrected chi connectivity index (χ0v) is 13.7. The Labute approximate surface area is 126 Å². The molecule has 1 aliphatic carbocycles. The minimum atomic E-state index is 0.163. The van der Waals surface area contributed by atoms with Crippen LogP contribution >= 0.6 is 11.3 Å². The summed E-state index contributed by atoms with van der Waals surface area (Å²) in [6.07, 6.45) is 7.41. The van der Waals surface area contributed by atoms with Crippen molar-refractivity contribution in [2.75, 3.05) is 26.2 Å². The van der Waals surface area contributed by atoms with Crippen LogP contribution in [0.2, 0.25) is 0 Å². The van der Waals surface area contributed by atoms with E-state index in [2.05, 4.69) is 24.1 Å². The molecule has 0 unspecified atom stereocenters. The summed E-state index contributed by atoms with van der Waals surface area (Å²) in [5.74, 6) is 0. The smallest absolute Gasteiger partial charge is 0.113 e. The molecule has 0 saturated carbocycles. The third kappa shape index (κ3) is 2.66. The summed E-state index contributed by atoms with van der Waals surface area (Å²) in [5.41, 5.74) is 1.57. The molecule has 0 atom stereocenters. The highest BCUT2D eigenvalue weighted by Crippen LogP contribution is 2.39. The summed E-state index contributed by atoms with van der Waals surface area (Å²) in [5, 5.41) is 5.24. The number of thiazole rings is 1. The number of rotatable bonds is 5. The molecule has 1 aliphatic heterocycles. The number of piperidine rings is 1. The summed E-state index contributed by atoms with van der Waals surface area (Å²) >= 11 is 1.99. The van der Waals surface area contributed by atoms with Crippen molar-refractivity contribution in [3.8, 4) is 0 Å². The first-order valence-electron chi connectivity index (χ1n) is 8.24. The van der Waals surface area contributed by atoms with Crippen LogP contribution in [-0.2, 0) is 18.4 Å². The van der Waals surface area contributed by atoms with Gasteiger partial charge in [-0.1, -0.05) is 13.8 Å². The molecular weight excluding hydrogens is 266 g/mol. The fourth-order valence-electron chi connectivity index (χ4n) is 3.48. The molecule has 1 aromatic rings. The Bertz CT molecular complexity index is 425. The van der Waals surface area contributed by atoms with Crippen molar-refractivity contribution in [3.05, 3.63) is 15.6 Å². The van der Waals surface area contributed by atoms with Gasteiger partial charge in [0, 0.05) is 18.0 Å². The van der Waals surface area contributed by atoms with Gasteiger partial charge >= 0.3 is 0 Å². The molecule has 2 aliphatic rings. The van der Waals surface area contributed by atoms with Gasteiger partial charge in [0.1, 0.15) is 5.01 Å². The lowest BCUT2D eigenvalue weighted by atomic mass is 9.87. The largest absolute Gasteiger partial charge is 0.305 e. The van der Waals surface area contributed by atoms with E-state index < -0.39 is 0 Å². The fourth-order valence-corrected chi connectivity index (χ4v) is 4.85. The normalized spacial score (nSPS) is 22.1. The lowest BCUT2D eigenvalue weighted by Crippen LogP contribution is -2.51. The van der Waals surface area contributed by atoms with E-state index in [0.29, 0.717) is 0 Å². The SMILES string of the molecule is CCCNC1(c2nc3c(s2)CCC3)CCN(CC)CC1. The zero-order chi connectivity index (χ0) is 14.0. The van der Waals surface area contributed by atoms with E-state index >= 15 is 0 Å². The Morgan fingerprint density at radius 3 is 2.70 bits per heavy atom. The van der Waals surface area contributed by atoms with Crippen LogP contribution < -0.4 is 5.32 Å². The average Bonchev–Trinajstić information content (AvgIpc) is 3.07. The van der Waals surface area contributed by atoms with Crippen LogP contribution in [-0.4, -0.2) is 36.1 Å². The van der Waals surface area contributed by atoms with Gasteiger partial charge in [-0.25, -0.2) is 4.98 Å². The zero-order valence-electron chi connectivity index (χ0n) is 12.9. The highest BCUT2D eigenvalue weighted by molar-refractivity contribution is 7.12. The van der Waals surface area contributed by atoms with Crippen molar-refractivity contribution < 1.29 is 0 Å². The number of hydrogen-bond acceptors (Lipinski definition) is 4. The molecule has 4 heteroatoms. The molecule has 0 radical (unpaired) electrons. The van der Waals surface area contributed by atoms with E-state index in [4.69, 9.17) is 4.98 Å². The van der Waals surface area contributed by atoms with Gasteiger partial charge in [0.2, 0.25) is 0 Å². The van der Waals surface area contributed by atoms with Crippen molar-refractivity contribution in [1.29, 1.82) is 0 Å². The van der Waals surface area contributed by atoms with Gasteiger partial charge in [-0.15, -0.1) is 11.3 Å². The van der Waals surface area contributed by atoms with Crippen LogP contribution in [0.25, 0.3) is 0 Å². The maximum Gasteiger partial charge on any atom is 0.113 e. The molecule has 3 rings (SSSR count). The van der Waals surface area contributed by atoms with E-state index in [1.165, 1.54) is 68.9 Å². The molecule has 0 spiro atoms. The molecule has 0 bridgehead atoms. The Morgan fingerprint density at radius 1 is 1.25 bits per heavy atom. The summed E-state index contributed by atoms with van der Waals surface area (Å²) in [7, 11) is 0. The Morgan fingerprint density at radius 2 is 2.05 bits per heavy atom. The van der Waals surface area contributed by atoms with E-state index in [-0.39, 0.29) is 5.54 Å². The minimum absolute atomic E-state index is 0.163. The lowest BCUT2D eigenvalue weighted by molar-refractivity contribution is 0.139. The second-order valence-electron chi connectivity index (χ2n) is 6.19. The summed E-state index contributed by atoms with van der Waals surface area (Å²) in [4.78, 5) is 9.16. The number of likely N-dealkylation sites (tertiary alicyclic amines) is 1. The van der Waals surface area contributed by atoms with Crippen molar-refractivity contribution in [1.82, 2.24) is 15.2 Å². The predicted octanol–water partition coefficient (Wildman–Crippen LogP) is 2.94. The highest BCUT2D eigenvalue weighted by atomic mass is 32.1. The van der Waals surface area contributed by atoms with Crippen LogP contribution in [0.1, 0.15) is 55.1 Å². The van der Waals surface area contributed by atoms with Crippen LogP contribution in [0.4, 0.5) is 0 Å². The van der Waals surface area contributed by atoms with E-state index in [1.807, 2.05) is 11.3 Å². The van der Waals surface area contributed by atoms with Crippen molar-refractivity contribution >= 4 is 11.3 Å². The maximum atomic E-state index is 5.03. The monoisotopic (exact) mass is 293 g/mol.